The van der Waals surface area contributed by atoms with Crippen molar-refractivity contribution in [2.45, 2.75) is 44.4 Å². The molecule has 0 bridgehead atoms. The third-order valence-corrected chi connectivity index (χ3v) is 5.59. The van der Waals surface area contributed by atoms with Crippen LogP contribution >= 0.6 is 0 Å². The van der Waals surface area contributed by atoms with Gasteiger partial charge in [-0.15, -0.1) is 0 Å². The number of hydrogen-bond donors (Lipinski definition) is 1. The van der Waals surface area contributed by atoms with Crippen LogP contribution in [0.2, 0.25) is 0 Å². The van der Waals surface area contributed by atoms with Crippen molar-refractivity contribution in [1.82, 2.24) is 4.98 Å². The number of nitrogens with one attached hydrogen (secondary N) is 1. The van der Waals surface area contributed by atoms with Gasteiger partial charge in [0.2, 0.25) is 5.91 Å². The molecule has 0 spiro atoms. The molecule has 0 aliphatic heterocycles. The normalized spacial score (nSPS) is 12.0. The zero-order chi connectivity index (χ0) is 18.7. The Kier molecular flexibility index (Phi) is 5.62. The second-order valence-corrected chi connectivity index (χ2v) is 9.19. The van der Waals surface area contributed by atoms with Crippen molar-refractivity contribution in [1.29, 1.82) is 0 Å². The van der Waals surface area contributed by atoms with Gasteiger partial charge in [0.25, 0.3) is 0 Å². The predicted molar refractivity (Wildman–Crippen MR) is 99.4 cm³/mol. The summed E-state index contributed by atoms with van der Waals surface area (Å²) in [5.74, 6) is -0.557. The predicted octanol–water partition coefficient (Wildman–Crippen LogP) is 3.49. The number of aryl methyl sites for hydroxylation is 1. The molecule has 0 unspecified atom stereocenters. The quantitative estimate of drug-likeness (QED) is 0.885. The maximum atomic E-state index is 12.4. The van der Waals surface area contributed by atoms with Crippen molar-refractivity contribution >= 4 is 21.4 Å². The molecule has 25 heavy (non-hydrogen) atoms. The zero-order valence-corrected chi connectivity index (χ0v) is 15.9. The first-order valence-electron chi connectivity index (χ1n) is 8.14. The average molecular weight is 360 g/mol. The highest BCUT2D eigenvalue weighted by Gasteiger charge is 2.19. The number of hydrogen-bond acceptors (Lipinski definition) is 4. The molecular formula is C19H24N2O3S. The average Bonchev–Trinajstić information content (AvgIpc) is 2.52. The molecule has 1 N–H and O–H groups in total. The highest BCUT2D eigenvalue weighted by Crippen LogP contribution is 2.24. The summed E-state index contributed by atoms with van der Waals surface area (Å²) in [5.41, 5.74) is 2.43. The van der Waals surface area contributed by atoms with E-state index in [0.717, 1.165) is 11.3 Å². The maximum absolute atomic E-state index is 12.4. The van der Waals surface area contributed by atoms with Gasteiger partial charge < -0.3 is 5.32 Å². The van der Waals surface area contributed by atoms with Crippen LogP contribution in [0.4, 0.5) is 5.69 Å². The monoisotopic (exact) mass is 360 g/mol. The van der Waals surface area contributed by atoms with Gasteiger partial charge in [0.1, 0.15) is 0 Å². The van der Waals surface area contributed by atoms with Crippen molar-refractivity contribution in [3.63, 3.8) is 0 Å². The van der Waals surface area contributed by atoms with Crippen molar-refractivity contribution in [3.05, 3.63) is 53.9 Å². The lowest BCUT2D eigenvalue weighted by Crippen LogP contribution is -2.18. The third kappa shape index (κ3) is 5.39. The van der Waals surface area contributed by atoms with Crippen molar-refractivity contribution in [2.24, 2.45) is 0 Å². The van der Waals surface area contributed by atoms with Crippen LogP contribution in [0.1, 0.15) is 38.4 Å². The van der Waals surface area contributed by atoms with E-state index in [9.17, 15) is 13.2 Å². The SMILES string of the molecule is Cc1cc(NC(=O)CCS(=O)(=O)c2ccc(C(C)(C)C)cc2)ccn1. The van der Waals surface area contributed by atoms with E-state index in [1.165, 1.54) is 0 Å². The number of rotatable bonds is 5. The Morgan fingerprint density at radius 3 is 2.32 bits per heavy atom. The summed E-state index contributed by atoms with van der Waals surface area (Å²) in [5, 5.41) is 2.69. The van der Waals surface area contributed by atoms with Crippen LogP contribution < -0.4 is 5.32 Å². The minimum atomic E-state index is -3.49. The molecule has 0 aliphatic rings. The molecule has 1 amide bonds. The van der Waals surface area contributed by atoms with Crippen molar-refractivity contribution in [3.8, 4) is 0 Å². The molecule has 0 fully saturated rings. The Morgan fingerprint density at radius 2 is 1.76 bits per heavy atom. The fourth-order valence-electron chi connectivity index (χ4n) is 2.35. The Bertz CT molecular complexity index is 851. The Labute approximate surface area is 149 Å². The van der Waals surface area contributed by atoms with Gasteiger partial charge in [-0.2, -0.15) is 0 Å². The minimum Gasteiger partial charge on any atom is -0.326 e. The van der Waals surface area contributed by atoms with Crippen LogP contribution in [0.25, 0.3) is 0 Å². The fraction of sp³-hybridized carbons (Fsp3) is 0.368. The molecule has 0 saturated carbocycles. The molecule has 2 aromatic rings. The molecule has 0 atom stereocenters. The number of carbonyl (C=O) groups excluding carboxylic acids is 1. The summed E-state index contributed by atoms with van der Waals surface area (Å²) >= 11 is 0. The largest absolute Gasteiger partial charge is 0.326 e. The molecule has 0 aliphatic carbocycles. The van der Waals surface area contributed by atoms with Crippen LogP contribution in [0, 0.1) is 6.92 Å². The van der Waals surface area contributed by atoms with Gasteiger partial charge in [-0.1, -0.05) is 32.9 Å². The van der Waals surface area contributed by atoms with Gasteiger partial charge in [0.15, 0.2) is 9.84 Å². The van der Waals surface area contributed by atoms with Gasteiger partial charge in [-0.25, -0.2) is 8.42 Å². The molecule has 6 heteroatoms. The fourth-order valence-corrected chi connectivity index (χ4v) is 3.59. The number of nitrogens with zero attached hydrogens (tertiary/aromatic N) is 1. The lowest BCUT2D eigenvalue weighted by atomic mass is 9.87. The van der Waals surface area contributed by atoms with Crippen LogP contribution in [0.15, 0.2) is 47.5 Å². The van der Waals surface area contributed by atoms with Crippen LogP contribution in [-0.4, -0.2) is 25.1 Å². The Morgan fingerprint density at radius 1 is 1.12 bits per heavy atom. The van der Waals surface area contributed by atoms with E-state index in [1.807, 2.05) is 19.1 Å². The van der Waals surface area contributed by atoms with E-state index in [2.05, 4.69) is 31.1 Å². The number of amides is 1. The molecule has 134 valence electrons. The summed E-state index contributed by atoms with van der Waals surface area (Å²) in [6.45, 7) is 8.03. The topological polar surface area (TPSA) is 76.1 Å². The van der Waals surface area contributed by atoms with E-state index < -0.39 is 9.84 Å². The van der Waals surface area contributed by atoms with Gasteiger partial charge in [-0.05, 0) is 42.2 Å². The van der Waals surface area contributed by atoms with Crippen LogP contribution in [0.3, 0.4) is 0 Å². The summed E-state index contributed by atoms with van der Waals surface area (Å²) in [6.07, 6.45) is 1.50. The van der Waals surface area contributed by atoms with E-state index in [-0.39, 0.29) is 28.4 Å². The maximum Gasteiger partial charge on any atom is 0.225 e. The lowest BCUT2D eigenvalue weighted by Gasteiger charge is -2.19. The van der Waals surface area contributed by atoms with Gasteiger partial charge in [0, 0.05) is 24.0 Å². The zero-order valence-electron chi connectivity index (χ0n) is 15.0. The first-order valence-corrected chi connectivity index (χ1v) is 9.79. The Balaban J connectivity index is 2.00. The smallest absolute Gasteiger partial charge is 0.225 e. The molecule has 0 radical (unpaired) electrons. The van der Waals surface area contributed by atoms with E-state index >= 15 is 0 Å². The van der Waals surface area contributed by atoms with Gasteiger partial charge in [-0.3, -0.25) is 9.78 Å². The van der Waals surface area contributed by atoms with Gasteiger partial charge in [0.05, 0.1) is 10.6 Å². The number of carbonyl (C=O) groups is 1. The van der Waals surface area contributed by atoms with Crippen LogP contribution in [0.5, 0.6) is 0 Å². The highest BCUT2D eigenvalue weighted by molar-refractivity contribution is 7.91. The van der Waals surface area contributed by atoms with Crippen molar-refractivity contribution in [2.75, 3.05) is 11.1 Å². The molecule has 1 aromatic carbocycles. The molecular weight excluding hydrogens is 336 g/mol. The molecule has 1 aromatic heterocycles. The number of anilines is 1. The summed E-state index contributed by atoms with van der Waals surface area (Å²) < 4.78 is 24.8. The number of pyridine rings is 1. The molecule has 1 heterocycles. The number of aromatic nitrogens is 1. The second-order valence-electron chi connectivity index (χ2n) is 7.08. The highest BCUT2D eigenvalue weighted by atomic mass is 32.2. The number of benzene rings is 1. The molecule has 0 saturated heterocycles. The first-order chi connectivity index (χ1) is 11.6. The molecule has 5 nitrogen and oxygen atoms in total. The second kappa shape index (κ2) is 7.35. The van der Waals surface area contributed by atoms with E-state index in [4.69, 9.17) is 0 Å². The summed E-state index contributed by atoms with van der Waals surface area (Å²) in [4.78, 5) is 16.3. The number of sulfone groups is 1. The van der Waals surface area contributed by atoms with E-state index in [1.54, 1.807) is 30.5 Å². The first kappa shape index (κ1) is 19.1. The van der Waals surface area contributed by atoms with Crippen molar-refractivity contribution < 1.29 is 13.2 Å². The molecule has 2 rings (SSSR count). The van der Waals surface area contributed by atoms with Crippen LogP contribution in [-0.2, 0) is 20.0 Å². The summed E-state index contributed by atoms with van der Waals surface area (Å²) in [7, 11) is -3.49. The summed E-state index contributed by atoms with van der Waals surface area (Å²) in [6, 6.07) is 10.3. The lowest BCUT2D eigenvalue weighted by molar-refractivity contribution is -0.115. The Hall–Kier alpha value is -2.21. The van der Waals surface area contributed by atoms with Gasteiger partial charge >= 0.3 is 0 Å². The standard InChI is InChI=1S/C19H24N2O3S/c1-14-13-16(9-11-20-14)21-18(22)10-12-25(23,24)17-7-5-15(6-8-17)19(2,3)4/h5-9,11,13H,10,12H2,1-4H3,(H,20,21,22). The third-order valence-electron chi connectivity index (χ3n) is 3.86. The minimum absolute atomic E-state index is 0.0369. The van der Waals surface area contributed by atoms with E-state index in [0.29, 0.717) is 5.69 Å².